The number of hydrogen-bond donors (Lipinski definition) is 1. The van der Waals surface area contributed by atoms with Crippen LogP contribution in [0.5, 0.6) is 0 Å². The molecule has 0 aromatic carbocycles. The average molecular weight is 263 g/mol. The maximum absolute atomic E-state index is 9.82. The second kappa shape index (κ2) is 5.13. The van der Waals surface area contributed by atoms with Crippen LogP contribution in [0.2, 0.25) is 0 Å². The molecule has 0 aliphatic rings. The summed E-state index contributed by atoms with van der Waals surface area (Å²) < 4.78 is 1.07. The van der Waals surface area contributed by atoms with Crippen LogP contribution in [0.15, 0.2) is 15.9 Å². The molecular formula is C10H15BrOS. The van der Waals surface area contributed by atoms with E-state index in [1.54, 1.807) is 11.3 Å². The van der Waals surface area contributed by atoms with Crippen molar-refractivity contribution in [3.8, 4) is 0 Å². The van der Waals surface area contributed by atoms with Gasteiger partial charge in [-0.25, -0.2) is 0 Å². The number of halogens is 1. The van der Waals surface area contributed by atoms with Crippen molar-refractivity contribution in [3.63, 3.8) is 0 Å². The lowest BCUT2D eigenvalue weighted by Gasteiger charge is -2.12. The highest BCUT2D eigenvalue weighted by molar-refractivity contribution is 9.10. The Labute approximate surface area is 91.9 Å². The molecule has 74 valence electrons. The lowest BCUT2D eigenvalue weighted by atomic mass is 10.0. The molecule has 0 saturated heterocycles. The van der Waals surface area contributed by atoms with E-state index in [1.165, 1.54) is 0 Å². The van der Waals surface area contributed by atoms with E-state index < -0.39 is 0 Å². The van der Waals surface area contributed by atoms with Gasteiger partial charge in [0.1, 0.15) is 0 Å². The van der Waals surface area contributed by atoms with Crippen molar-refractivity contribution in [3.05, 3.63) is 20.8 Å². The van der Waals surface area contributed by atoms with Gasteiger partial charge in [-0.05, 0) is 34.3 Å². The maximum atomic E-state index is 9.82. The van der Waals surface area contributed by atoms with Crippen LogP contribution in [-0.4, -0.2) is 5.11 Å². The Kier molecular flexibility index (Phi) is 4.42. The lowest BCUT2D eigenvalue weighted by Crippen LogP contribution is -2.01. The first-order chi connectivity index (χ1) is 6.13. The number of hydrogen-bond acceptors (Lipinski definition) is 2. The molecular weight excluding hydrogens is 248 g/mol. The van der Waals surface area contributed by atoms with Gasteiger partial charge in [0.05, 0.1) is 6.10 Å². The van der Waals surface area contributed by atoms with E-state index in [0.717, 1.165) is 22.2 Å². The number of aliphatic hydroxyl groups excluding tert-OH is 1. The molecule has 0 spiro atoms. The van der Waals surface area contributed by atoms with Crippen molar-refractivity contribution in [1.29, 1.82) is 0 Å². The molecule has 0 fully saturated rings. The van der Waals surface area contributed by atoms with Crippen molar-refractivity contribution in [2.45, 2.75) is 32.8 Å². The quantitative estimate of drug-likeness (QED) is 0.871. The van der Waals surface area contributed by atoms with Crippen molar-refractivity contribution in [2.24, 2.45) is 5.92 Å². The van der Waals surface area contributed by atoms with Crippen molar-refractivity contribution in [1.82, 2.24) is 0 Å². The SMILES string of the molecule is CCC(C)CC(O)c1cc(Br)cs1. The normalized spacial score (nSPS) is 15.7. The van der Waals surface area contributed by atoms with Crippen LogP contribution in [0.25, 0.3) is 0 Å². The van der Waals surface area contributed by atoms with E-state index in [0.29, 0.717) is 5.92 Å². The summed E-state index contributed by atoms with van der Waals surface area (Å²) in [6.45, 7) is 4.33. The first-order valence-electron chi connectivity index (χ1n) is 4.55. The number of rotatable bonds is 4. The molecule has 0 radical (unpaired) electrons. The predicted octanol–water partition coefficient (Wildman–Crippen LogP) is 3.98. The van der Waals surface area contributed by atoms with Crippen molar-refractivity contribution < 1.29 is 5.11 Å². The zero-order valence-electron chi connectivity index (χ0n) is 7.96. The fraction of sp³-hybridized carbons (Fsp3) is 0.600. The average Bonchev–Trinajstić information content (AvgIpc) is 2.51. The Morgan fingerprint density at radius 3 is 2.77 bits per heavy atom. The highest BCUT2D eigenvalue weighted by atomic mass is 79.9. The molecule has 1 aromatic heterocycles. The molecule has 2 atom stereocenters. The monoisotopic (exact) mass is 262 g/mol. The molecule has 0 saturated carbocycles. The fourth-order valence-corrected chi connectivity index (χ4v) is 2.61. The Morgan fingerprint density at radius 1 is 1.62 bits per heavy atom. The Hall–Kier alpha value is 0.140. The van der Waals surface area contributed by atoms with Gasteiger partial charge < -0.3 is 5.11 Å². The predicted molar refractivity (Wildman–Crippen MR) is 61.1 cm³/mol. The van der Waals surface area contributed by atoms with Gasteiger partial charge in [-0.3, -0.25) is 0 Å². The summed E-state index contributed by atoms with van der Waals surface area (Å²) in [5, 5.41) is 11.8. The maximum Gasteiger partial charge on any atom is 0.0884 e. The summed E-state index contributed by atoms with van der Waals surface area (Å²) in [5.74, 6) is 0.593. The largest absolute Gasteiger partial charge is 0.388 e. The molecule has 13 heavy (non-hydrogen) atoms. The van der Waals surface area contributed by atoms with Crippen molar-refractivity contribution in [2.75, 3.05) is 0 Å². The van der Waals surface area contributed by atoms with E-state index in [4.69, 9.17) is 0 Å². The summed E-state index contributed by atoms with van der Waals surface area (Å²) in [6.07, 6.45) is 1.71. The zero-order valence-corrected chi connectivity index (χ0v) is 10.4. The van der Waals surface area contributed by atoms with Gasteiger partial charge in [0.2, 0.25) is 0 Å². The summed E-state index contributed by atoms with van der Waals surface area (Å²) in [4.78, 5) is 1.06. The van der Waals surface area contributed by atoms with Crippen LogP contribution in [0.4, 0.5) is 0 Å². The van der Waals surface area contributed by atoms with Gasteiger partial charge >= 0.3 is 0 Å². The van der Waals surface area contributed by atoms with E-state index >= 15 is 0 Å². The van der Waals surface area contributed by atoms with E-state index in [2.05, 4.69) is 29.8 Å². The van der Waals surface area contributed by atoms with Crippen LogP contribution < -0.4 is 0 Å². The molecule has 1 nitrogen and oxygen atoms in total. The molecule has 1 aromatic rings. The van der Waals surface area contributed by atoms with E-state index in [-0.39, 0.29) is 6.10 Å². The standard InChI is InChI=1S/C10H15BrOS/c1-3-7(2)4-9(12)10-5-8(11)6-13-10/h5-7,9,12H,3-4H2,1-2H3. The number of aliphatic hydroxyl groups is 1. The second-order valence-electron chi connectivity index (χ2n) is 3.43. The third kappa shape index (κ3) is 3.41. The molecule has 2 unspecified atom stereocenters. The van der Waals surface area contributed by atoms with Gasteiger partial charge in [0.25, 0.3) is 0 Å². The highest BCUT2D eigenvalue weighted by Crippen LogP contribution is 2.29. The van der Waals surface area contributed by atoms with Crippen LogP contribution in [0.1, 0.15) is 37.7 Å². The molecule has 0 aliphatic carbocycles. The van der Waals surface area contributed by atoms with E-state index in [1.807, 2.05) is 11.4 Å². The van der Waals surface area contributed by atoms with E-state index in [9.17, 15) is 5.11 Å². The number of thiophene rings is 1. The summed E-state index contributed by atoms with van der Waals surface area (Å²) >= 11 is 5.00. The van der Waals surface area contributed by atoms with Crippen LogP contribution >= 0.6 is 27.3 Å². The Morgan fingerprint density at radius 2 is 2.31 bits per heavy atom. The van der Waals surface area contributed by atoms with Gasteiger partial charge in [0.15, 0.2) is 0 Å². The van der Waals surface area contributed by atoms with Gasteiger partial charge in [0, 0.05) is 14.7 Å². The molecule has 1 heterocycles. The summed E-state index contributed by atoms with van der Waals surface area (Å²) in [6, 6.07) is 2.00. The highest BCUT2D eigenvalue weighted by Gasteiger charge is 2.12. The molecule has 0 amide bonds. The second-order valence-corrected chi connectivity index (χ2v) is 5.29. The Bertz CT molecular complexity index is 259. The fourth-order valence-electron chi connectivity index (χ4n) is 1.17. The van der Waals surface area contributed by atoms with Gasteiger partial charge in [-0.2, -0.15) is 0 Å². The van der Waals surface area contributed by atoms with Gasteiger partial charge in [-0.15, -0.1) is 11.3 Å². The van der Waals surface area contributed by atoms with Gasteiger partial charge in [-0.1, -0.05) is 20.3 Å². The van der Waals surface area contributed by atoms with Crippen LogP contribution in [0.3, 0.4) is 0 Å². The first-order valence-corrected chi connectivity index (χ1v) is 6.22. The topological polar surface area (TPSA) is 20.2 Å². The third-order valence-corrected chi connectivity index (χ3v) is 4.03. The minimum atomic E-state index is -0.286. The first kappa shape index (κ1) is 11.2. The molecule has 0 bridgehead atoms. The zero-order chi connectivity index (χ0) is 9.84. The van der Waals surface area contributed by atoms with Crippen LogP contribution in [-0.2, 0) is 0 Å². The smallest absolute Gasteiger partial charge is 0.0884 e. The summed E-state index contributed by atoms with van der Waals surface area (Å²) in [7, 11) is 0. The summed E-state index contributed by atoms with van der Waals surface area (Å²) in [5.41, 5.74) is 0. The molecule has 1 rings (SSSR count). The molecule has 1 N–H and O–H groups in total. The minimum absolute atomic E-state index is 0.286. The lowest BCUT2D eigenvalue weighted by molar-refractivity contribution is 0.150. The third-order valence-electron chi connectivity index (χ3n) is 2.24. The Balaban J connectivity index is 2.53. The molecule has 0 aliphatic heterocycles. The van der Waals surface area contributed by atoms with Crippen molar-refractivity contribution >= 4 is 27.3 Å². The molecule has 3 heteroatoms. The minimum Gasteiger partial charge on any atom is -0.388 e. The van der Waals surface area contributed by atoms with Crippen LogP contribution in [0, 0.1) is 5.92 Å².